The summed E-state index contributed by atoms with van der Waals surface area (Å²) in [4.78, 5) is 23.5. The van der Waals surface area contributed by atoms with Crippen molar-refractivity contribution in [1.82, 2.24) is 5.32 Å². The van der Waals surface area contributed by atoms with Gasteiger partial charge >= 0.3 is 0 Å². The zero-order chi connectivity index (χ0) is 16.8. The summed E-state index contributed by atoms with van der Waals surface area (Å²) < 4.78 is 12.8. The van der Waals surface area contributed by atoms with Gasteiger partial charge in [0.15, 0.2) is 5.78 Å². The number of amides is 1. The molecule has 22 heavy (non-hydrogen) atoms. The lowest BCUT2D eigenvalue weighted by molar-refractivity contribution is -0.122. The molecule has 0 radical (unpaired) electrons. The van der Waals surface area contributed by atoms with E-state index in [2.05, 4.69) is 5.32 Å². The molecule has 2 N–H and O–H groups in total. The highest BCUT2D eigenvalue weighted by Crippen LogP contribution is 2.18. The fourth-order valence-electron chi connectivity index (χ4n) is 1.79. The summed E-state index contributed by atoms with van der Waals surface area (Å²) in [6.07, 6.45) is 0.274. The Bertz CT molecular complexity index is 506. The van der Waals surface area contributed by atoms with Crippen LogP contribution in [0.4, 0.5) is 4.39 Å². The molecule has 4 nitrogen and oxygen atoms in total. The highest BCUT2D eigenvalue weighted by molar-refractivity contribution is 5.96. The number of rotatable bonds is 7. The van der Waals surface area contributed by atoms with Gasteiger partial charge in [-0.25, -0.2) is 4.39 Å². The summed E-state index contributed by atoms with van der Waals surface area (Å²) in [6, 6.07) is 5.37. The molecule has 0 fully saturated rings. The van der Waals surface area contributed by atoms with E-state index in [0.717, 1.165) is 0 Å². The monoisotopic (exact) mass is 309 g/mol. The van der Waals surface area contributed by atoms with Gasteiger partial charge in [0.05, 0.1) is 6.10 Å². The number of carbonyl (C=O) groups is 2. The maximum atomic E-state index is 12.8. The second kappa shape index (κ2) is 8.03. The number of aliphatic hydroxyl groups is 1. The Balaban J connectivity index is 2.27. The van der Waals surface area contributed by atoms with E-state index in [0.29, 0.717) is 12.0 Å². The SMILES string of the molecule is CC(C)(C)C(O)CNC(=O)CCCC(=O)c1ccc(F)cc1. The molecule has 122 valence electrons. The number of Topliss-reactive ketones (excluding diaryl/α,β-unsaturated/α-hetero) is 1. The van der Waals surface area contributed by atoms with Crippen LogP contribution in [0.15, 0.2) is 24.3 Å². The molecule has 0 aromatic heterocycles. The van der Waals surface area contributed by atoms with E-state index in [9.17, 15) is 19.1 Å². The van der Waals surface area contributed by atoms with Crippen LogP contribution in [0, 0.1) is 11.2 Å². The van der Waals surface area contributed by atoms with E-state index in [4.69, 9.17) is 0 Å². The lowest BCUT2D eigenvalue weighted by Gasteiger charge is -2.25. The smallest absolute Gasteiger partial charge is 0.220 e. The minimum atomic E-state index is -0.614. The first kappa shape index (κ1) is 18.3. The van der Waals surface area contributed by atoms with Crippen molar-refractivity contribution in [2.75, 3.05) is 6.54 Å². The maximum Gasteiger partial charge on any atom is 0.220 e. The first-order valence-corrected chi connectivity index (χ1v) is 7.43. The Morgan fingerprint density at radius 3 is 2.32 bits per heavy atom. The molecule has 1 unspecified atom stereocenters. The number of nitrogens with one attached hydrogen (secondary N) is 1. The van der Waals surface area contributed by atoms with Crippen molar-refractivity contribution in [2.24, 2.45) is 5.41 Å². The predicted octanol–water partition coefficient (Wildman–Crippen LogP) is 2.70. The molecule has 5 heteroatoms. The van der Waals surface area contributed by atoms with Gasteiger partial charge in [0.2, 0.25) is 5.91 Å². The molecule has 0 heterocycles. The molecule has 1 rings (SSSR count). The number of carbonyl (C=O) groups excluding carboxylic acids is 2. The van der Waals surface area contributed by atoms with Crippen LogP contribution in [0.3, 0.4) is 0 Å². The summed E-state index contributed by atoms with van der Waals surface area (Å²) in [7, 11) is 0. The normalized spacial score (nSPS) is 12.8. The van der Waals surface area contributed by atoms with Crippen molar-refractivity contribution in [3.8, 4) is 0 Å². The van der Waals surface area contributed by atoms with Crippen molar-refractivity contribution in [3.63, 3.8) is 0 Å². The highest BCUT2D eigenvalue weighted by atomic mass is 19.1. The zero-order valence-electron chi connectivity index (χ0n) is 13.4. The van der Waals surface area contributed by atoms with Crippen molar-refractivity contribution in [2.45, 2.75) is 46.1 Å². The van der Waals surface area contributed by atoms with E-state index in [1.807, 2.05) is 20.8 Å². The molecule has 0 aliphatic carbocycles. The van der Waals surface area contributed by atoms with Gasteiger partial charge in [-0.2, -0.15) is 0 Å². The first-order valence-electron chi connectivity index (χ1n) is 7.43. The van der Waals surface area contributed by atoms with Gasteiger partial charge in [-0.05, 0) is 36.1 Å². The van der Waals surface area contributed by atoms with Gasteiger partial charge in [-0.15, -0.1) is 0 Å². The Labute approximate surface area is 130 Å². The second-order valence-electron chi connectivity index (χ2n) is 6.47. The molecular formula is C17H24FNO3. The molecule has 0 saturated carbocycles. The van der Waals surface area contributed by atoms with E-state index in [1.54, 1.807) is 0 Å². The topological polar surface area (TPSA) is 66.4 Å². The number of hydrogen-bond donors (Lipinski definition) is 2. The maximum absolute atomic E-state index is 12.8. The molecule has 0 spiro atoms. The summed E-state index contributed by atoms with van der Waals surface area (Å²) >= 11 is 0. The van der Waals surface area contributed by atoms with Gasteiger partial charge in [0, 0.05) is 24.9 Å². The van der Waals surface area contributed by atoms with E-state index in [1.165, 1.54) is 24.3 Å². The quantitative estimate of drug-likeness (QED) is 0.761. The van der Waals surface area contributed by atoms with Crippen LogP contribution in [-0.4, -0.2) is 29.4 Å². The fourth-order valence-corrected chi connectivity index (χ4v) is 1.79. The van der Waals surface area contributed by atoms with Crippen molar-refractivity contribution >= 4 is 11.7 Å². The summed E-state index contributed by atoms with van der Waals surface area (Å²) in [5.74, 6) is -0.675. The minimum Gasteiger partial charge on any atom is -0.391 e. The molecule has 1 aromatic rings. The van der Waals surface area contributed by atoms with Crippen molar-refractivity contribution in [3.05, 3.63) is 35.6 Å². The van der Waals surface area contributed by atoms with Crippen LogP contribution >= 0.6 is 0 Å². The zero-order valence-corrected chi connectivity index (χ0v) is 13.4. The molecule has 0 saturated heterocycles. The molecule has 0 bridgehead atoms. The van der Waals surface area contributed by atoms with E-state index >= 15 is 0 Å². The van der Waals surface area contributed by atoms with Crippen LogP contribution in [0.1, 0.15) is 50.4 Å². The Hall–Kier alpha value is -1.75. The third-order valence-corrected chi connectivity index (χ3v) is 3.47. The number of hydrogen-bond acceptors (Lipinski definition) is 3. The van der Waals surface area contributed by atoms with Gasteiger partial charge in [-0.3, -0.25) is 9.59 Å². The highest BCUT2D eigenvalue weighted by Gasteiger charge is 2.22. The van der Waals surface area contributed by atoms with Crippen LogP contribution < -0.4 is 5.32 Å². The Kier molecular flexibility index (Phi) is 6.68. The first-order chi connectivity index (χ1) is 10.2. The summed E-state index contributed by atoms with van der Waals surface area (Å²) in [5, 5.41) is 12.5. The van der Waals surface area contributed by atoms with Crippen LogP contribution in [0.25, 0.3) is 0 Å². The lowest BCUT2D eigenvalue weighted by Crippen LogP contribution is -2.39. The minimum absolute atomic E-state index is 0.109. The van der Waals surface area contributed by atoms with E-state index < -0.39 is 6.10 Å². The molecule has 1 aromatic carbocycles. The number of ketones is 1. The Morgan fingerprint density at radius 1 is 1.18 bits per heavy atom. The second-order valence-corrected chi connectivity index (χ2v) is 6.47. The average Bonchev–Trinajstić information content (AvgIpc) is 2.44. The van der Waals surface area contributed by atoms with Gasteiger partial charge in [0.25, 0.3) is 0 Å². The number of halogens is 1. The Morgan fingerprint density at radius 2 is 1.77 bits per heavy atom. The van der Waals surface area contributed by atoms with Crippen LogP contribution in [-0.2, 0) is 4.79 Å². The number of aliphatic hydroxyl groups excluding tert-OH is 1. The van der Waals surface area contributed by atoms with E-state index in [-0.39, 0.29) is 42.3 Å². The number of benzene rings is 1. The largest absolute Gasteiger partial charge is 0.391 e. The lowest BCUT2D eigenvalue weighted by atomic mass is 9.89. The molecule has 0 aliphatic rings. The summed E-state index contributed by atoms with van der Waals surface area (Å²) in [5.41, 5.74) is 0.163. The third kappa shape index (κ3) is 6.35. The molecular weight excluding hydrogens is 285 g/mol. The standard InChI is InChI=1S/C17H24FNO3/c1-17(2,3)15(21)11-19-16(22)6-4-5-14(20)12-7-9-13(18)10-8-12/h7-10,15,21H,4-6,11H2,1-3H3,(H,19,22). The van der Waals surface area contributed by atoms with Crippen molar-refractivity contribution < 1.29 is 19.1 Å². The van der Waals surface area contributed by atoms with Crippen LogP contribution in [0.2, 0.25) is 0 Å². The summed E-state index contributed by atoms with van der Waals surface area (Å²) in [6.45, 7) is 5.88. The molecule has 1 atom stereocenters. The van der Waals surface area contributed by atoms with Crippen molar-refractivity contribution in [1.29, 1.82) is 0 Å². The van der Waals surface area contributed by atoms with Gasteiger partial charge in [0.1, 0.15) is 5.82 Å². The fraction of sp³-hybridized carbons (Fsp3) is 0.529. The molecule has 1 amide bonds. The van der Waals surface area contributed by atoms with Crippen LogP contribution in [0.5, 0.6) is 0 Å². The molecule has 0 aliphatic heterocycles. The average molecular weight is 309 g/mol. The van der Waals surface area contributed by atoms with Gasteiger partial charge < -0.3 is 10.4 Å². The third-order valence-electron chi connectivity index (χ3n) is 3.47. The predicted molar refractivity (Wildman–Crippen MR) is 83.1 cm³/mol. The van der Waals surface area contributed by atoms with Gasteiger partial charge in [-0.1, -0.05) is 20.8 Å².